The first-order valence-electron chi connectivity index (χ1n) is 6.49. The zero-order chi connectivity index (χ0) is 11.4. The van der Waals surface area contributed by atoms with Crippen LogP contribution in [0.4, 0.5) is 0 Å². The van der Waals surface area contributed by atoms with Gasteiger partial charge in [-0.25, -0.2) is 4.98 Å². The first-order chi connectivity index (χ1) is 8.33. The quantitative estimate of drug-likeness (QED) is 0.904. The van der Waals surface area contributed by atoms with E-state index < -0.39 is 0 Å². The summed E-state index contributed by atoms with van der Waals surface area (Å²) < 4.78 is 2.10. The number of fused-ring (bicyclic) bond motifs is 2. The number of nitrogens with zero attached hydrogens (tertiary/aromatic N) is 2. The molecule has 3 unspecified atom stereocenters. The lowest BCUT2D eigenvalue weighted by Crippen LogP contribution is -2.27. The summed E-state index contributed by atoms with van der Waals surface area (Å²) in [6.07, 6.45) is 9.41. The van der Waals surface area contributed by atoms with Crippen LogP contribution >= 0.6 is 11.3 Å². The Bertz CT molecular complexity index is 505. The van der Waals surface area contributed by atoms with E-state index in [1.165, 1.54) is 19.3 Å². The van der Waals surface area contributed by atoms with Crippen molar-refractivity contribution in [1.29, 1.82) is 0 Å². The summed E-state index contributed by atoms with van der Waals surface area (Å²) in [5.41, 5.74) is 7.51. The van der Waals surface area contributed by atoms with Gasteiger partial charge in [0.25, 0.3) is 0 Å². The molecule has 17 heavy (non-hydrogen) atoms. The van der Waals surface area contributed by atoms with Crippen molar-refractivity contribution in [2.45, 2.75) is 31.7 Å². The van der Waals surface area contributed by atoms with Crippen molar-refractivity contribution in [3.63, 3.8) is 0 Å². The summed E-state index contributed by atoms with van der Waals surface area (Å²) in [5.74, 6) is 2.70. The van der Waals surface area contributed by atoms with E-state index in [1.807, 2.05) is 0 Å². The van der Waals surface area contributed by atoms with Crippen LogP contribution in [-0.4, -0.2) is 15.4 Å². The van der Waals surface area contributed by atoms with Crippen LogP contribution in [0.5, 0.6) is 0 Å². The fraction of sp³-hybridized carbons (Fsp3) is 0.615. The molecular formula is C13H17N3S. The molecule has 4 rings (SSSR count). The molecule has 2 N–H and O–H groups in total. The second-order valence-electron chi connectivity index (χ2n) is 5.53. The molecular weight excluding hydrogens is 230 g/mol. The second-order valence-corrected chi connectivity index (χ2v) is 6.40. The smallest absolute Gasteiger partial charge is 0.193 e. The van der Waals surface area contributed by atoms with Gasteiger partial charge in [0.2, 0.25) is 0 Å². The van der Waals surface area contributed by atoms with Crippen LogP contribution in [0.3, 0.4) is 0 Å². The second kappa shape index (κ2) is 3.56. The van der Waals surface area contributed by atoms with Crippen LogP contribution in [0.1, 0.15) is 25.0 Å². The largest absolute Gasteiger partial charge is 0.327 e. The first kappa shape index (κ1) is 10.1. The van der Waals surface area contributed by atoms with Crippen LogP contribution < -0.4 is 5.73 Å². The summed E-state index contributed by atoms with van der Waals surface area (Å²) >= 11 is 1.69. The van der Waals surface area contributed by atoms with Crippen LogP contribution in [-0.2, 0) is 6.42 Å². The van der Waals surface area contributed by atoms with Gasteiger partial charge in [-0.3, -0.25) is 4.40 Å². The summed E-state index contributed by atoms with van der Waals surface area (Å²) in [7, 11) is 0. The van der Waals surface area contributed by atoms with Crippen molar-refractivity contribution >= 4 is 16.3 Å². The minimum absolute atomic E-state index is 0.329. The predicted molar refractivity (Wildman–Crippen MR) is 69.1 cm³/mol. The number of thiazole rings is 1. The van der Waals surface area contributed by atoms with Crippen LogP contribution in [0.15, 0.2) is 17.8 Å². The van der Waals surface area contributed by atoms with E-state index in [1.54, 1.807) is 11.3 Å². The summed E-state index contributed by atoms with van der Waals surface area (Å²) in [6, 6.07) is 0.329. The highest BCUT2D eigenvalue weighted by Gasteiger charge is 2.54. The summed E-state index contributed by atoms with van der Waals surface area (Å²) in [6.45, 7) is 0. The van der Waals surface area contributed by atoms with Crippen LogP contribution in [0.25, 0.3) is 4.96 Å². The van der Waals surface area contributed by atoms with Gasteiger partial charge < -0.3 is 5.73 Å². The van der Waals surface area contributed by atoms with E-state index in [2.05, 4.69) is 27.2 Å². The summed E-state index contributed by atoms with van der Waals surface area (Å²) in [5, 5.41) is 2.07. The fourth-order valence-electron chi connectivity index (χ4n) is 3.76. The third-order valence-corrected chi connectivity index (χ3v) is 5.33. The molecule has 3 atom stereocenters. The maximum absolute atomic E-state index is 6.35. The Hall–Kier alpha value is -0.870. The maximum atomic E-state index is 6.35. The molecule has 2 aromatic heterocycles. The third kappa shape index (κ3) is 1.54. The number of hydrogen-bond donors (Lipinski definition) is 1. The molecule has 2 aliphatic rings. The van der Waals surface area contributed by atoms with E-state index in [9.17, 15) is 0 Å². The van der Waals surface area contributed by atoms with E-state index in [0.29, 0.717) is 6.04 Å². The normalized spacial score (nSPS) is 32.9. The Balaban J connectivity index is 1.48. The molecule has 2 aliphatic carbocycles. The molecule has 0 saturated heterocycles. The minimum atomic E-state index is 0.329. The molecule has 4 heteroatoms. The van der Waals surface area contributed by atoms with Gasteiger partial charge in [-0.05, 0) is 30.6 Å². The Labute approximate surface area is 105 Å². The van der Waals surface area contributed by atoms with Crippen molar-refractivity contribution < 1.29 is 0 Å². The predicted octanol–water partition coefficient (Wildman–Crippen LogP) is 2.31. The SMILES string of the molecule is NC(Cc1cn2ccsc2n1)C1C2CCCC21. The number of hydrogen-bond acceptors (Lipinski definition) is 3. The Morgan fingerprint density at radius 2 is 2.29 bits per heavy atom. The molecule has 2 fully saturated rings. The van der Waals surface area contributed by atoms with E-state index in [0.717, 1.165) is 34.8 Å². The van der Waals surface area contributed by atoms with Crippen molar-refractivity contribution in [1.82, 2.24) is 9.38 Å². The van der Waals surface area contributed by atoms with Crippen molar-refractivity contribution in [2.75, 3.05) is 0 Å². The number of aromatic nitrogens is 2. The zero-order valence-corrected chi connectivity index (χ0v) is 10.6. The lowest BCUT2D eigenvalue weighted by molar-refractivity contribution is 0.481. The van der Waals surface area contributed by atoms with Gasteiger partial charge in [0.1, 0.15) is 0 Å². The van der Waals surface area contributed by atoms with Crippen LogP contribution in [0, 0.1) is 17.8 Å². The lowest BCUT2D eigenvalue weighted by Gasteiger charge is -2.11. The van der Waals surface area contributed by atoms with Gasteiger partial charge in [0.05, 0.1) is 5.69 Å². The molecule has 0 radical (unpaired) electrons. The average molecular weight is 247 g/mol. The molecule has 2 heterocycles. The monoisotopic (exact) mass is 247 g/mol. The van der Waals surface area contributed by atoms with E-state index in [4.69, 9.17) is 5.73 Å². The Morgan fingerprint density at radius 1 is 1.47 bits per heavy atom. The molecule has 3 nitrogen and oxygen atoms in total. The lowest BCUT2D eigenvalue weighted by atomic mass is 10.0. The van der Waals surface area contributed by atoms with Gasteiger partial charge in [0, 0.05) is 30.2 Å². The van der Waals surface area contributed by atoms with E-state index >= 15 is 0 Å². The molecule has 0 aromatic carbocycles. The summed E-state index contributed by atoms with van der Waals surface area (Å²) in [4.78, 5) is 5.70. The molecule has 90 valence electrons. The van der Waals surface area contributed by atoms with Gasteiger partial charge >= 0.3 is 0 Å². The van der Waals surface area contributed by atoms with Gasteiger partial charge in [-0.1, -0.05) is 6.42 Å². The third-order valence-electron chi connectivity index (χ3n) is 4.56. The number of imidazole rings is 1. The highest BCUT2D eigenvalue weighted by molar-refractivity contribution is 7.15. The first-order valence-corrected chi connectivity index (χ1v) is 7.37. The van der Waals surface area contributed by atoms with Crippen LogP contribution in [0.2, 0.25) is 0 Å². The Morgan fingerprint density at radius 3 is 3.06 bits per heavy atom. The molecule has 2 saturated carbocycles. The molecule has 0 amide bonds. The van der Waals surface area contributed by atoms with Crippen molar-refractivity contribution in [2.24, 2.45) is 23.5 Å². The van der Waals surface area contributed by atoms with Crippen molar-refractivity contribution in [3.05, 3.63) is 23.5 Å². The molecule has 2 aromatic rings. The van der Waals surface area contributed by atoms with Gasteiger partial charge in [0.15, 0.2) is 4.96 Å². The Kier molecular flexibility index (Phi) is 2.11. The number of nitrogens with two attached hydrogens (primary N) is 1. The van der Waals surface area contributed by atoms with Gasteiger partial charge in [-0.2, -0.15) is 0 Å². The highest BCUT2D eigenvalue weighted by Crippen LogP contribution is 2.58. The molecule has 0 aliphatic heterocycles. The molecule has 0 bridgehead atoms. The topological polar surface area (TPSA) is 43.3 Å². The highest BCUT2D eigenvalue weighted by atomic mass is 32.1. The fourth-order valence-corrected chi connectivity index (χ4v) is 4.48. The minimum Gasteiger partial charge on any atom is -0.327 e. The zero-order valence-electron chi connectivity index (χ0n) is 9.75. The maximum Gasteiger partial charge on any atom is 0.193 e. The van der Waals surface area contributed by atoms with Gasteiger partial charge in [-0.15, -0.1) is 11.3 Å². The van der Waals surface area contributed by atoms with Crippen molar-refractivity contribution in [3.8, 4) is 0 Å². The number of rotatable bonds is 3. The van der Waals surface area contributed by atoms with E-state index in [-0.39, 0.29) is 0 Å². The average Bonchev–Trinajstić information content (AvgIpc) is 2.74. The molecule has 0 spiro atoms. The standard InChI is InChI=1S/C13H17N3S/c14-11(12-9-2-1-3-10(9)12)6-8-7-16-4-5-17-13(16)15-8/h4-5,7,9-12H,1-3,6,14H2.